The van der Waals surface area contributed by atoms with E-state index in [9.17, 15) is 4.79 Å². The molecule has 3 heteroatoms. The van der Waals surface area contributed by atoms with E-state index in [1.807, 2.05) is 30.3 Å². The van der Waals surface area contributed by atoms with Gasteiger partial charge in [0.25, 0.3) is 0 Å². The monoisotopic (exact) mass is 206 g/mol. The van der Waals surface area contributed by atoms with E-state index in [4.69, 9.17) is 9.47 Å². The van der Waals surface area contributed by atoms with E-state index >= 15 is 0 Å². The van der Waals surface area contributed by atoms with E-state index in [2.05, 4.69) is 0 Å². The molecule has 1 heterocycles. The van der Waals surface area contributed by atoms with Crippen molar-refractivity contribution < 1.29 is 14.3 Å². The minimum atomic E-state index is -0.179. The van der Waals surface area contributed by atoms with Crippen LogP contribution in [-0.4, -0.2) is 25.8 Å². The first-order valence-corrected chi connectivity index (χ1v) is 5.04. The van der Waals surface area contributed by atoms with E-state index in [1.54, 1.807) is 0 Å². The fourth-order valence-corrected chi connectivity index (χ4v) is 1.67. The molecule has 0 unspecified atom stereocenters. The molecule has 2 rings (SSSR count). The van der Waals surface area contributed by atoms with Gasteiger partial charge >= 0.3 is 5.97 Å². The van der Waals surface area contributed by atoms with Gasteiger partial charge in [-0.3, -0.25) is 4.79 Å². The number of carbonyl (C=O) groups is 1. The van der Waals surface area contributed by atoms with Crippen LogP contribution in [0, 0.1) is 5.92 Å². The van der Waals surface area contributed by atoms with Crippen LogP contribution in [0.2, 0.25) is 0 Å². The highest BCUT2D eigenvalue weighted by atomic mass is 16.6. The second-order valence-corrected chi connectivity index (χ2v) is 3.69. The van der Waals surface area contributed by atoms with Gasteiger partial charge in [-0.15, -0.1) is 0 Å². The summed E-state index contributed by atoms with van der Waals surface area (Å²) < 4.78 is 9.93. The average Bonchev–Trinajstić information content (AvgIpc) is 3.10. The standard InChI is InChI=1S/C12H14O3/c1-14-12(13)10(11-8-15-11)7-9-5-3-2-4-6-9/h2-6,10-11H,7-8H2,1H3/t10-,11-/m0/s1. The van der Waals surface area contributed by atoms with Crippen LogP contribution < -0.4 is 0 Å². The van der Waals surface area contributed by atoms with E-state index in [0.29, 0.717) is 13.0 Å². The maximum atomic E-state index is 11.5. The lowest BCUT2D eigenvalue weighted by Crippen LogP contribution is -2.24. The third kappa shape index (κ3) is 2.57. The van der Waals surface area contributed by atoms with Crippen LogP contribution in [0.25, 0.3) is 0 Å². The normalized spacial score (nSPS) is 20.7. The lowest BCUT2D eigenvalue weighted by atomic mass is 9.97. The van der Waals surface area contributed by atoms with Crippen LogP contribution >= 0.6 is 0 Å². The summed E-state index contributed by atoms with van der Waals surface area (Å²) in [5.74, 6) is -0.334. The zero-order valence-electron chi connectivity index (χ0n) is 8.68. The molecule has 1 aliphatic heterocycles. The highest BCUT2D eigenvalue weighted by molar-refractivity contribution is 5.73. The Hall–Kier alpha value is -1.35. The minimum Gasteiger partial charge on any atom is -0.469 e. The SMILES string of the molecule is COC(=O)[C@@H](Cc1ccccc1)[C@@H]1CO1. The molecule has 80 valence electrons. The Morgan fingerprint density at radius 1 is 1.53 bits per heavy atom. The van der Waals surface area contributed by atoms with Gasteiger partial charge in [-0.25, -0.2) is 0 Å². The molecule has 1 saturated heterocycles. The third-order valence-corrected chi connectivity index (χ3v) is 2.61. The number of carbonyl (C=O) groups excluding carboxylic acids is 1. The Morgan fingerprint density at radius 2 is 2.20 bits per heavy atom. The molecule has 0 N–H and O–H groups in total. The van der Waals surface area contributed by atoms with Crippen molar-refractivity contribution in [1.82, 2.24) is 0 Å². The molecule has 15 heavy (non-hydrogen) atoms. The van der Waals surface area contributed by atoms with E-state index in [-0.39, 0.29) is 18.0 Å². The Kier molecular flexibility index (Phi) is 3.02. The van der Waals surface area contributed by atoms with Crippen molar-refractivity contribution in [2.24, 2.45) is 5.92 Å². The molecular formula is C12H14O3. The number of ether oxygens (including phenoxy) is 2. The van der Waals surface area contributed by atoms with Crippen molar-refractivity contribution in [3.05, 3.63) is 35.9 Å². The molecule has 0 amide bonds. The van der Waals surface area contributed by atoms with Crippen LogP contribution in [0.1, 0.15) is 5.56 Å². The smallest absolute Gasteiger partial charge is 0.311 e. The number of hydrogen-bond donors (Lipinski definition) is 0. The Bertz CT molecular complexity index is 330. The maximum Gasteiger partial charge on any atom is 0.311 e. The van der Waals surface area contributed by atoms with Gasteiger partial charge in [0.05, 0.1) is 25.7 Å². The van der Waals surface area contributed by atoms with Gasteiger partial charge in [0, 0.05) is 0 Å². The average molecular weight is 206 g/mol. The molecule has 1 fully saturated rings. The predicted octanol–water partition coefficient (Wildman–Crippen LogP) is 1.42. The summed E-state index contributed by atoms with van der Waals surface area (Å²) in [4.78, 5) is 11.5. The molecule has 0 aromatic heterocycles. The second kappa shape index (κ2) is 4.45. The number of esters is 1. The van der Waals surface area contributed by atoms with Crippen LogP contribution in [0.5, 0.6) is 0 Å². The third-order valence-electron chi connectivity index (χ3n) is 2.61. The van der Waals surface area contributed by atoms with Gasteiger partial charge in [-0.1, -0.05) is 30.3 Å². The van der Waals surface area contributed by atoms with Crippen molar-refractivity contribution >= 4 is 5.97 Å². The van der Waals surface area contributed by atoms with Gasteiger partial charge in [-0.2, -0.15) is 0 Å². The molecule has 0 aliphatic carbocycles. The quantitative estimate of drug-likeness (QED) is 0.552. The predicted molar refractivity (Wildman–Crippen MR) is 55.4 cm³/mol. The number of epoxide rings is 1. The van der Waals surface area contributed by atoms with Gasteiger partial charge in [0.15, 0.2) is 0 Å². The van der Waals surface area contributed by atoms with Crippen molar-refractivity contribution in [3.63, 3.8) is 0 Å². The van der Waals surface area contributed by atoms with Crippen molar-refractivity contribution in [2.75, 3.05) is 13.7 Å². The Morgan fingerprint density at radius 3 is 2.73 bits per heavy atom. The zero-order chi connectivity index (χ0) is 10.7. The Labute approximate surface area is 89.0 Å². The molecule has 0 spiro atoms. The number of hydrogen-bond acceptors (Lipinski definition) is 3. The van der Waals surface area contributed by atoms with Gasteiger partial charge in [0.2, 0.25) is 0 Å². The topological polar surface area (TPSA) is 38.8 Å². The molecule has 1 aromatic carbocycles. The molecule has 0 radical (unpaired) electrons. The van der Waals surface area contributed by atoms with Gasteiger partial charge in [0.1, 0.15) is 0 Å². The van der Waals surface area contributed by atoms with E-state index in [1.165, 1.54) is 7.11 Å². The summed E-state index contributed by atoms with van der Waals surface area (Å²) in [5, 5.41) is 0. The lowest BCUT2D eigenvalue weighted by molar-refractivity contribution is -0.146. The summed E-state index contributed by atoms with van der Waals surface area (Å²) >= 11 is 0. The lowest BCUT2D eigenvalue weighted by Gasteiger charge is -2.11. The fourth-order valence-electron chi connectivity index (χ4n) is 1.67. The van der Waals surface area contributed by atoms with Gasteiger partial charge in [-0.05, 0) is 12.0 Å². The highest BCUT2D eigenvalue weighted by Crippen LogP contribution is 2.25. The first-order chi connectivity index (χ1) is 7.31. The first kappa shape index (κ1) is 10.2. The molecule has 3 nitrogen and oxygen atoms in total. The fraction of sp³-hybridized carbons (Fsp3) is 0.417. The highest BCUT2D eigenvalue weighted by Gasteiger charge is 2.38. The molecule has 1 aliphatic rings. The molecular weight excluding hydrogens is 192 g/mol. The van der Waals surface area contributed by atoms with Crippen LogP contribution in [0.4, 0.5) is 0 Å². The zero-order valence-corrected chi connectivity index (χ0v) is 8.68. The minimum absolute atomic E-state index is 0.0534. The van der Waals surface area contributed by atoms with Crippen LogP contribution in [0.15, 0.2) is 30.3 Å². The largest absolute Gasteiger partial charge is 0.469 e. The summed E-state index contributed by atoms with van der Waals surface area (Å²) in [7, 11) is 1.42. The number of rotatable bonds is 4. The van der Waals surface area contributed by atoms with Gasteiger partial charge < -0.3 is 9.47 Å². The number of benzene rings is 1. The molecule has 0 bridgehead atoms. The van der Waals surface area contributed by atoms with Crippen LogP contribution in [-0.2, 0) is 20.7 Å². The summed E-state index contributed by atoms with van der Waals surface area (Å²) in [6.45, 7) is 0.673. The van der Waals surface area contributed by atoms with E-state index in [0.717, 1.165) is 5.56 Å². The van der Waals surface area contributed by atoms with Crippen molar-refractivity contribution in [3.8, 4) is 0 Å². The van der Waals surface area contributed by atoms with Crippen LogP contribution in [0.3, 0.4) is 0 Å². The number of methoxy groups -OCH3 is 1. The summed E-state index contributed by atoms with van der Waals surface area (Å²) in [6, 6.07) is 9.93. The first-order valence-electron chi connectivity index (χ1n) is 5.04. The summed E-state index contributed by atoms with van der Waals surface area (Å²) in [5.41, 5.74) is 1.14. The maximum absolute atomic E-state index is 11.5. The van der Waals surface area contributed by atoms with Crippen molar-refractivity contribution in [1.29, 1.82) is 0 Å². The summed E-state index contributed by atoms with van der Waals surface area (Å²) in [6.07, 6.45) is 0.746. The Balaban J connectivity index is 2.04. The second-order valence-electron chi connectivity index (χ2n) is 3.69. The van der Waals surface area contributed by atoms with Crippen molar-refractivity contribution in [2.45, 2.75) is 12.5 Å². The van der Waals surface area contributed by atoms with E-state index < -0.39 is 0 Å². The molecule has 2 atom stereocenters. The molecule has 1 aromatic rings. The molecule has 0 saturated carbocycles.